The predicted octanol–water partition coefficient (Wildman–Crippen LogP) is 3.13. The molecular formula is C14H15ClN2O. The molecule has 1 aromatic rings. The van der Waals surface area contributed by atoms with Crippen molar-refractivity contribution in [3.8, 4) is 0 Å². The van der Waals surface area contributed by atoms with Gasteiger partial charge in [0.15, 0.2) is 0 Å². The van der Waals surface area contributed by atoms with Crippen molar-refractivity contribution in [2.75, 3.05) is 0 Å². The van der Waals surface area contributed by atoms with Crippen LogP contribution in [0.1, 0.15) is 30.6 Å². The Hall–Kier alpha value is -1.61. The van der Waals surface area contributed by atoms with Crippen LogP contribution in [0.25, 0.3) is 0 Å². The van der Waals surface area contributed by atoms with Crippen LogP contribution in [0.2, 0.25) is 5.15 Å². The van der Waals surface area contributed by atoms with Gasteiger partial charge in [0.1, 0.15) is 5.15 Å². The highest BCUT2D eigenvalue weighted by molar-refractivity contribution is 6.29. The predicted molar refractivity (Wildman–Crippen MR) is 72.6 cm³/mol. The van der Waals surface area contributed by atoms with E-state index in [1.807, 2.05) is 6.92 Å². The summed E-state index contributed by atoms with van der Waals surface area (Å²) in [7, 11) is 0. The Morgan fingerprint density at radius 1 is 1.39 bits per heavy atom. The zero-order valence-corrected chi connectivity index (χ0v) is 11.2. The van der Waals surface area contributed by atoms with E-state index in [0.29, 0.717) is 10.7 Å². The first-order valence-corrected chi connectivity index (χ1v) is 6.22. The quantitative estimate of drug-likeness (QED) is 0.832. The summed E-state index contributed by atoms with van der Waals surface area (Å²) in [6.07, 6.45) is 6.53. The lowest BCUT2D eigenvalue weighted by molar-refractivity contribution is 0.0944. The number of pyridine rings is 1. The molecule has 1 amide bonds. The van der Waals surface area contributed by atoms with Crippen LogP contribution in [-0.2, 0) is 0 Å². The Balaban J connectivity index is 2.03. The topological polar surface area (TPSA) is 42.0 Å². The maximum Gasteiger partial charge on any atom is 0.253 e. The molecule has 0 saturated heterocycles. The number of hydrogen-bond acceptors (Lipinski definition) is 2. The molecule has 1 unspecified atom stereocenters. The summed E-state index contributed by atoms with van der Waals surface area (Å²) in [5, 5.41) is 3.35. The number of amides is 1. The molecular weight excluding hydrogens is 248 g/mol. The maximum absolute atomic E-state index is 12.0. The van der Waals surface area contributed by atoms with E-state index in [2.05, 4.69) is 29.4 Å². The van der Waals surface area contributed by atoms with Crippen molar-refractivity contribution in [3.05, 3.63) is 52.3 Å². The molecule has 1 N–H and O–H groups in total. The second kappa shape index (κ2) is 5.36. The summed E-state index contributed by atoms with van der Waals surface area (Å²) >= 11 is 5.68. The third-order valence-electron chi connectivity index (χ3n) is 3.06. The minimum atomic E-state index is -0.124. The summed E-state index contributed by atoms with van der Waals surface area (Å²) in [4.78, 5) is 15.9. The van der Waals surface area contributed by atoms with Gasteiger partial charge in [-0.3, -0.25) is 4.79 Å². The monoisotopic (exact) mass is 262 g/mol. The van der Waals surface area contributed by atoms with Crippen LogP contribution in [0.5, 0.6) is 0 Å². The molecule has 0 saturated carbocycles. The van der Waals surface area contributed by atoms with E-state index in [0.717, 1.165) is 6.42 Å². The van der Waals surface area contributed by atoms with Gasteiger partial charge >= 0.3 is 0 Å². The summed E-state index contributed by atoms with van der Waals surface area (Å²) < 4.78 is 0. The molecule has 0 spiro atoms. The van der Waals surface area contributed by atoms with Crippen LogP contribution in [-0.4, -0.2) is 16.9 Å². The molecule has 1 aliphatic carbocycles. The number of allylic oxidation sites excluding steroid dienone is 2. The standard InChI is InChI=1S/C14H15ClN2O/c1-9-3-5-12(7-10(9)2)17-14(18)11-4-6-13(15)16-8-11/h3-4,6-8,12H,5H2,1-2H3,(H,17,18). The molecule has 18 heavy (non-hydrogen) atoms. The van der Waals surface area contributed by atoms with E-state index in [-0.39, 0.29) is 11.9 Å². The largest absolute Gasteiger partial charge is 0.345 e. The summed E-state index contributed by atoms with van der Waals surface area (Å²) in [5.74, 6) is -0.124. The van der Waals surface area contributed by atoms with E-state index in [9.17, 15) is 4.79 Å². The van der Waals surface area contributed by atoms with Crippen LogP contribution in [0.4, 0.5) is 0 Å². The van der Waals surface area contributed by atoms with Gasteiger partial charge in [-0.25, -0.2) is 4.98 Å². The van der Waals surface area contributed by atoms with Crippen LogP contribution in [0, 0.1) is 0 Å². The average Bonchev–Trinajstić information content (AvgIpc) is 2.34. The first kappa shape index (κ1) is 12.8. The number of nitrogens with one attached hydrogen (secondary N) is 1. The molecule has 1 aliphatic rings. The molecule has 94 valence electrons. The Morgan fingerprint density at radius 2 is 2.17 bits per heavy atom. The van der Waals surface area contributed by atoms with Crippen LogP contribution < -0.4 is 5.32 Å². The van der Waals surface area contributed by atoms with E-state index in [4.69, 9.17) is 11.6 Å². The zero-order chi connectivity index (χ0) is 13.1. The third kappa shape index (κ3) is 2.99. The molecule has 0 aliphatic heterocycles. The second-order valence-corrected chi connectivity index (χ2v) is 4.81. The molecule has 1 aromatic heterocycles. The SMILES string of the molecule is CC1=CCC(NC(=O)c2ccc(Cl)nc2)C=C1C. The Labute approximate surface area is 112 Å². The average molecular weight is 263 g/mol. The van der Waals surface area contributed by atoms with Gasteiger partial charge in [0.05, 0.1) is 11.6 Å². The van der Waals surface area contributed by atoms with Crippen molar-refractivity contribution < 1.29 is 4.79 Å². The van der Waals surface area contributed by atoms with Gasteiger partial charge < -0.3 is 5.32 Å². The summed E-state index contributed by atoms with van der Waals surface area (Å²) in [5.41, 5.74) is 3.01. The van der Waals surface area contributed by atoms with Crippen molar-refractivity contribution in [3.63, 3.8) is 0 Å². The van der Waals surface area contributed by atoms with E-state index in [1.165, 1.54) is 17.3 Å². The van der Waals surface area contributed by atoms with Crippen LogP contribution in [0.15, 0.2) is 41.6 Å². The van der Waals surface area contributed by atoms with E-state index >= 15 is 0 Å². The van der Waals surface area contributed by atoms with Gasteiger partial charge in [0.2, 0.25) is 0 Å². The normalized spacial score (nSPS) is 18.9. The van der Waals surface area contributed by atoms with Crippen LogP contribution >= 0.6 is 11.6 Å². The van der Waals surface area contributed by atoms with Crippen molar-refractivity contribution in [1.82, 2.24) is 10.3 Å². The van der Waals surface area contributed by atoms with Crippen molar-refractivity contribution in [1.29, 1.82) is 0 Å². The number of nitrogens with zero attached hydrogens (tertiary/aromatic N) is 1. The Bertz CT molecular complexity index is 517. The lowest BCUT2D eigenvalue weighted by Gasteiger charge is -2.19. The Kier molecular flexibility index (Phi) is 3.82. The summed E-state index contributed by atoms with van der Waals surface area (Å²) in [6.45, 7) is 4.13. The van der Waals surface area contributed by atoms with Crippen LogP contribution in [0.3, 0.4) is 0 Å². The minimum absolute atomic E-state index is 0.0527. The smallest absolute Gasteiger partial charge is 0.253 e. The molecule has 0 aromatic carbocycles. The lowest BCUT2D eigenvalue weighted by atomic mass is 9.97. The fraction of sp³-hybridized carbons (Fsp3) is 0.286. The number of halogens is 1. The minimum Gasteiger partial charge on any atom is -0.345 e. The first-order valence-electron chi connectivity index (χ1n) is 5.84. The van der Waals surface area contributed by atoms with Gasteiger partial charge in [0.25, 0.3) is 5.91 Å². The highest BCUT2D eigenvalue weighted by atomic mass is 35.5. The first-order chi connectivity index (χ1) is 8.56. The van der Waals surface area contributed by atoms with Crippen molar-refractivity contribution >= 4 is 17.5 Å². The summed E-state index contributed by atoms with van der Waals surface area (Å²) in [6, 6.07) is 3.34. The zero-order valence-electron chi connectivity index (χ0n) is 10.4. The molecule has 1 heterocycles. The van der Waals surface area contributed by atoms with Gasteiger partial charge in [0, 0.05) is 6.20 Å². The highest BCUT2D eigenvalue weighted by Gasteiger charge is 2.14. The Morgan fingerprint density at radius 3 is 2.78 bits per heavy atom. The number of hydrogen-bond donors (Lipinski definition) is 1. The number of carbonyl (C=O) groups excluding carboxylic acids is 1. The van der Waals surface area contributed by atoms with E-state index in [1.54, 1.807) is 12.1 Å². The van der Waals surface area contributed by atoms with E-state index < -0.39 is 0 Å². The molecule has 2 rings (SSSR count). The fourth-order valence-electron chi connectivity index (χ4n) is 1.83. The van der Waals surface area contributed by atoms with Gasteiger partial charge in [-0.05, 0) is 32.4 Å². The number of aromatic nitrogens is 1. The molecule has 0 bridgehead atoms. The van der Waals surface area contributed by atoms with Gasteiger partial charge in [-0.2, -0.15) is 0 Å². The second-order valence-electron chi connectivity index (χ2n) is 4.42. The van der Waals surface area contributed by atoms with Gasteiger partial charge in [-0.1, -0.05) is 34.9 Å². The highest BCUT2D eigenvalue weighted by Crippen LogP contribution is 2.18. The number of carbonyl (C=O) groups is 1. The maximum atomic E-state index is 12.0. The molecule has 4 heteroatoms. The fourth-order valence-corrected chi connectivity index (χ4v) is 1.94. The molecule has 0 fully saturated rings. The molecule has 1 atom stereocenters. The van der Waals surface area contributed by atoms with Crippen molar-refractivity contribution in [2.24, 2.45) is 0 Å². The molecule has 0 radical (unpaired) electrons. The third-order valence-corrected chi connectivity index (χ3v) is 3.28. The molecule has 3 nitrogen and oxygen atoms in total. The van der Waals surface area contributed by atoms with Crippen molar-refractivity contribution in [2.45, 2.75) is 26.3 Å². The van der Waals surface area contributed by atoms with Gasteiger partial charge in [-0.15, -0.1) is 0 Å². The number of rotatable bonds is 2. The lowest BCUT2D eigenvalue weighted by Crippen LogP contribution is -2.34.